The molecule has 0 aliphatic carbocycles. The molecule has 0 aliphatic heterocycles. The first-order valence-electron chi connectivity index (χ1n) is 11.0. The monoisotopic (exact) mass is 496 g/mol. The number of nitro benzene ring substituents is 1. The molecule has 0 heterocycles. The van der Waals surface area contributed by atoms with Gasteiger partial charge in [-0.1, -0.05) is 60.7 Å². The molecule has 0 saturated heterocycles. The number of amides is 1. The summed E-state index contributed by atoms with van der Waals surface area (Å²) < 4.78 is 0. The molecule has 10 heteroatoms. The average molecular weight is 496 g/mol. The number of azo groups is 1. The Bertz CT molecular complexity index is 1380. The molecule has 2 N–H and O–H groups in total. The van der Waals surface area contributed by atoms with Gasteiger partial charge in [-0.25, -0.2) is 10.3 Å². The second-order valence-corrected chi connectivity index (χ2v) is 7.79. The van der Waals surface area contributed by atoms with E-state index in [-0.39, 0.29) is 11.3 Å². The van der Waals surface area contributed by atoms with Crippen LogP contribution in [0.2, 0.25) is 0 Å². The summed E-state index contributed by atoms with van der Waals surface area (Å²) in [6.45, 7) is 0. The quantitative estimate of drug-likeness (QED) is 0.191. The minimum absolute atomic E-state index is 0.131. The van der Waals surface area contributed by atoms with E-state index in [0.717, 1.165) is 0 Å². The number of anilines is 1. The van der Waals surface area contributed by atoms with Crippen molar-refractivity contribution in [1.29, 1.82) is 0 Å². The predicted molar refractivity (Wildman–Crippen MR) is 134 cm³/mol. The molecule has 0 aromatic heterocycles. The van der Waals surface area contributed by atoms with E-state index in [1.807, 2.05) is 0 Å². The van der Waals surface area contributed by atoms with Crippen LogP contribution in [0, 0.1) is 10.1 Å². The van der Waals surface area contributed by atoms with Crippen LogP contribution in [-0.2, 0) is 15.2 Å². The average Bonchev–Trinajstić information content (AvgIpc) is 2.95. The summed E-state index contributed by atoms with van der Waals surface area (Å²) in [7, 11) is 0. The van der Waals surface area contributed by atoms with E-state index in [1.54, 1.807) is 72.8 Å². The lowest BCUT2D eigenvalue weighted by atomic mass is 9.86. The van der Waals surface area contributed by atoms with Gasteiger partial charge in [0.2, 0.25) is 0 Å². The fourth-order valence-electron chi connectivity index (χ4n) is 3.43. The van der Waals surface area contributed by atoms with Gasteiger partial charge < -0.3 is 9.94 Å². The Morgan fingerprint density at radius 1 is 0.811 bits per heavy atom. The fraction of sp³-hybridized carbons (Fsp3) is 0.0370. The number of aliphatic hydroxyl groups is 1. The van der Waals surface area contributed by atoms with E-state index in [2.05, 4.69) is 15.7 Å². The van der Waals surface area contributed by atoms with Crippen molar-refractivity contribution in [1.82, 2.24) is 0 Å². The van der Waals surface area contributed by atoms with Gasteiger partial charge in [-0.05, 0) is 47.5 Å². The molecule has 4 rings (SSSR count). The molecule has 4 aromatic rings. The number of hydrogen-bond donors (Lipinski definition) is 2. The van der Waals surface area contributed by atoms with Crippen molar-refractivity contribution in [3.05, 3.63) is 136 Å². The van der Waals surface area contributed by atoms with Crippen molar-refractivity contribution in [2.24, 2.45) is 10.2 Å². The molecule has 37 heavy (non-hydrogen) atoms. The van der Waals surface area contributed by atoms with E-state index in [4.69, 9.17) is 4.84 Å². The van der Waals surface area contributed by atoms with E-state index in [1.165, 1.54) is 36.4 Å². The normalized spacial score (nSPS) is 11.2. The van der Waals surface area contributed by atoms with Crippen molar-refractivity contribution in [2.45, 2.75) is 5.60 Å². The summed E-state index contributed by atoms with van der Waals surface area (Å²) in [5.41, 5.74) is 1.91. The minimum atomic E-state index is -2.01. The molecule has 0 unspecified atom stereocenters. The highest BCUT2D eigenvalue weighted by Crippen LogP contribution is 2.31. The van der Waals surface area contributed by atoms with E-state index >= 15 is 0 Å². The lowest BCUT2D eigenvalue weighted by molar-refractivity contribution is -0.384. The molecule has 4 aromatic carbocycles. The fourth-order valence-corrected chi connectivity index (χ4v) is 3.43. The summed E-state index contributed by atoms with van der Waals surface area (Å²) in [6.07, 6.45) is 0. The summed E-state index contributed by atoms with van der Waals surface area (Å²) >= 11 is 0. The van der Waals surface area contributed by atoms with E-state index < -0.39 is 22.4 Å². The highest BCUT2D eigenvalue weighted by Gasteiger charge is 2.40. The second kappa shape index (κ2) is 11.0. The first-order chi connectivity index (χ1) is 17.9. The zero-order valence-corrected chi connectivity index (χ0v) is 19.2. The first kappa shape index (κ1) is 24.9. The van der Waals surface area contributed by atoms with Crippen LogP contribution in [0.1, 0.15) is 21.5 Å². The summed E-state index contributed by atoms with van der Waals surface area (Å²) in [5.74, 6) is -1.59. The number of carbonyl (C=O) groups excluding carboxylic acids is 2. The summed E-state index contributed by atoms with van der Waals surface area (Å²) in [5, 5.41) is 29.8. The van der Waals surface area contributed by atoms with Crippen LogP contribution < -0.4 is 5.48 Å². The standard InChI is InChI=1S/C27H20N4O6/c32-25(19-11-17-24(18-12-19)31(35)36)37-30-23-15-13-22(14-16-23)28-29-26(33)27(34,20-7-3-1-4-8-20)21-9-5-2-6-10-21/h1-18,30,34H. The van der Waals surface area contributed by atoms with Gasteiger partial charge in [-0.15, -0.1) is 10.2 Å². The van der Waals surface area contributed by atoms with Gasteiger partial charge in [0, 0.05) is 12.1 Å². The number of rotatable bonds is 8. The van der Waals surface area contributed by atoms with Crippen LogP contribution in [0.3, 0.4) is 0 Å². The van der Waals surface area contributed by atoms with Crippen LogP contribution >= 0.6 is 0 Å². The topological polar surface area (TPSA) is 143 Å². The molecule has 0 aliphatic rings. The molecule has 10 nitrogen and oxygen atoms in total. The first-order valence-corrected chi connectivity index (χ1v) is 11.0. The van der Waals surface area contributed by atoms with Crippen LogP contribution in [0.25, 0.3) is 0 Å². The lowest BCUT2D eigenvalue weighted by Gasteiger charge is -2.25. The molecule has 0 spiro atoms. The smallest absolute Gasteiger partial charge is 0.362 e. The molecular weight excluding hydrogens is 476 g/mol. The minimum Gasteiger partial charge on any atom is -0.372 e. The van der Waals surface area contributed by atoms with E-state index in [0.29, 0.717) is 22.5 Å². The number of benzene rings is 4. The Morgan fingerprint density at radius 2 is 1.35 bits per heavy atom. The van der Waals surface area contributed by atoms with Crippen molar-refractivity contribution in [2.75, 3.05) is 5.48 Å². The van der Waals surface area contributed by atoms with Gasteiger partial charge in [0.1, 0.15) is 0 Å². The number of nitrogens with one attached hydrogen (secondary N) is 1. The zero-order valence-electron chi connectivity index (χ0n) is 19.2. The van der Waals surface area contributed by atoms with Crippen molar-refractivity contribution in [3.63, 3.8) is 0 Å². The molecule has 0 saturated carbocycles. The number of carbonyl (C=O) groups is 2. The van der Waals surface area contributed by atoms with Crippen LogP contribution in [-0.4, -0.2) is 21.9 Å². The molecule has 184 valence electrons. The van der Waals surface area contributed by atoms with Crippen LogP contribution in [0.15, 0.2) is 119 Å². The highest BCUT2D eigenvalue weighted by atomic mass is 16.7. The third-order valence-electron chi connectivity index (χ3n) is 5.39. The number of hydrogen-bond acceptors (Lipinski definition) is 8. The van der Waals surface area contributed by atoms with Crippen molar-refractivity contribution in [3.8, 4) is 0 Å². The number of nitro groups is 1. The summed E-state index contributed by atoms with van der Waals surface area (Å²) in [4.78, 5) is 40.3. The van der Waals surface area contributed by atoms with Crippen molar-refractivity contribution < 1.29 is 24.5 Å². The van der Waals surface area contributed by atoms with Gasteiger partial charge in [0.15, 0.2) is 5.60 Å². The second-order valence-electron chi connectivity index (χ2n) is 7.79. The largest absolute Gasteiger partial charge is 0.372 e. The van der Waals surface area contributed by atoms with E-state index in [9.17, 15) is 24.8 Å². The van der Waals surface area contributed by atoms with Gasteiger partial charge in [-0.2, -0.15) is 0 Å². The molecular formula is C27H20N4O6. The Hall–Kier alpha value is -5.22. The zero-order chi connectivity index (χ0) is 26.3. The number of non-ortho nitro benzene ring substituents is 1. The van der Waals surface area contributed by atoms with Gasteiger partial charge in [-0.3, -0.25) is 14.9 Å². The Morgan fingerprint density at radius 3 is 1.86 bits per heavy atom. The SMILES string of the molecule is O=C(ONc1ccc(N=NC(=O)C(O)(c2ccccc2)c2ccccc2)cc1)c1ccc([N+](=O)[O-])cc1. The third kappa shape index (κ3) is 5.72. The lowest BCUT2D eigenvalue weighted by Crippen LogP contribution is -2.35. The maximum atomic E-state index is 13.1. The predicted octanol–water partition coefficient (Wildman–Crippen LogP) is 5.33. The Balaban J connectivity index is 1.43. The van der Waals surface area contributed by atoms with Gasteiger partial charge in [0.05, 0.1) is 21.9 Å². The molecule has 0 radical (unpaired) electrons. The number of nitrogens with zero attached hydrogens (tertiary/aromatic N) is 3. The maximum Gasteiger partial charge on any atom is 0.362 e. The molecule has 0 bridgehead atoms. The molecule has 0 fully saturated rings. The van der Waals surface area contributed by atoms with Gasteiger partial charge >= 0.3 is 11.9 Å². The summed E-state index contributed by atoms with van der Waals surface area (Å²) in [6, 6.07) is 28.1. The Kier molecular flexibility index (Phi) is 7.41. The maximum absolute atomic E-state index is 13.1. The third-order valence-corrected chi connectivity index (χ3v) is 5.39. The Labute approximate surface area is 211 Å². The van der Waals surface area contributed by atoms with Crippen LogP contribution in [0.5, 0.6) is 0 Å². The van der Waals surface area contributed by atoms with Crippen molar-refractivity contribution >= 4 is 28.9 Å². The molecule has 1 amide bonds. The van der Waals surface area contributed by atoms with Gasteiger partial charge in [0.25, 0.3) is 5.69 Å². The van der Waals surface area contributed by atoms with Crippen LogP contribution in [0.4, 0.5) is 17.1 Å². The highest BCUT2D eigenvalue weighted by molar-refractivity contribution is 5.91. The molecule has 0 atom stereocenters.